The van der Waals surface area contributed by atoms with E-state index in [9.17, 15) is 5.11 Å². The molecule has 0 fully saturated rings. The molecule has 1 unspecified atom stereocenters. The number of aliphatic hydroxyl groups excluding tert-OH is 1. The van der Waals surface area contributed by atoms with Crippen molar-refractivity contribution in [3.8, 4) is 0 Å². The molecule has 1 atom stereocenters. The predicted molar refractivity (Wildman–Crippen MR) is 60.6 cm³/mol. The Kier molecular flexibility index (Phi) is 4.20. The number of aliphatic hydroxyl groups is 1. The number of rotatable bonds is 4. The smallest absolute Gasteiger partial charge is 0.148 e. The molecular weight excluding hydrogens is 192 g/mol. The maximum absolute atomic E-state index is 9.55. The summed E-state index contributed by atoms with van der Waals surface area (Å²) in [7, 11) is 1.63. The highest BCUT2D eigenvalue weighted by molar-refractivity contribution is 5.75. The summed E-state index contributed by atoms with van der Waals surface area (Å²) in [4.78, 5) is 7.89. The number of anilines is 1. The first-order chi connectivity index (χ1) is 7.19. The Labute approximate surface area is 89.2 Å². The van der Waals surface area contributed by atoms with Crippen LogP contribution in [0.15, 0.2) is 23.3 Å². The minimum atomic E-state index is -0.461. The van der Waals surface area contributed by atoms with Crippen LogP contribution in [-0.2, 0) is 0 Å². The van der Waals surface area contributed by atoms with E-state index in [1.54, 1.807) is 25.4 Å². The van der Waals surface area contributed by atoms with E-state index in [4.69, 9.17) is 5.84 Å². The lowest BCUT2D eigenvalue weighted by Gasteiger charge is -2.12. The fourth-order valence-electron chi connectivity index (χ4n) is 1.17. The lowest BCUT2D eigenvalue weighted by Crippen LogP contribution is -2.29. The fourth-order valence-corrected chi connectivity index (χ4v) is 1.17. The number of hydrogen-bond donors (Lipinski definition) is 2. The maximum Gasteiger partial charge on any atom is 0.148 e. The molecule has 0 radical (unpaired) electrons. The number of hydrogen-bond acceptors (Lipinski definition) is 4. The van der Waals surface area contributed by atoms with Crippen molar-refractivity contribution in [1.82, 2.24) is 4.98 Å². The molecule has 1 heterocycles. The summed E-state index contributed by atoms with van der Waals surface area (Å²) in [6, 6.07) is 3.55. The molecule has 82 valence electrons. The number of hydrazine groups is 1. The molecular formula is C10H16N4O. The second kappa shape index (κ2) is 5.43. The average molecular weight is 208 g/mol. The Bertz CT molecular complexity index is 323. The van der Waals surface area contributed by atoms with Crippen LogP contribution in [0.2, 0.25) is 0 Å². The molecule has 0 spiro atoms. The van der Waals surface area contributed by atoms with Gasteiger partial charge in [0.1, 0.15) is 12.2 Å². The van der Waals surface area contributed by atoms with E-state index >= 15 is 0 Å². The van der Waals surface area contributed by atoms with Crippen LogP contribution in [-0.4, -0.2) is 23.5 Å². The topological polar surface area (TPSA) is 74.7 Å². The third-order valence-electron chi connectivity index (χ3n) is 2.05. The van der Waals surface area contributed by atoms with Gasteiger partial charge in [0.2, 0.25) is 0 Å². The Balaban J connectivity index is 2.80. The molecule has 1 aromatic rings. The molecule has 0 aliphatic carbocycles. The van der Waals surface area contributed by atoms with Gasteiger partial charge in [-0.3, -0.25) is 10.0 Å². The van der Waals surface area contributed by atoms with E-state index in [-0.39, 0.29) is 0 Å². The average Bonchev–Trinajstić information content (AvgIpc) is 2.28. The third-order valence-corrected chi connectivity index (χ3v) is 2.05. The summed E-state index contributed by atoms with van der Waals surface area (Å²) in [5.74, 6) is 6.21. The second-order valence-corrected chi connectivity index (χ2v) is 3.15. The molecule has 3 N–H and O–H groups in total. The monoisotopic (exact) mass is 208 g/mol. The molecule has 0 saturated heterocycles. The maximum atomic E-state index is 9.55. The molecule has 15 heavy (non-hydrogen) atoms. The molecule has 0 aliphatic heterocycles. The highest BCUT2D eigenvalue weighted by atomic mass is 16.3. The van der Waals surface area contributed by atoms with Crippen LogP contribution < -0.4 is 10.9 Å². The van der Waals surface area contributed by atoms with Crippen LogP contribution in [0.25, 0.3) is 0 Å². The van der Waals surface area contributed by atoms with E-state index < -0.39 is 6.10 Å². The van der Waals surface area contributed by atoms with Crippen molar-refractivity contribution in [1.29, 1.82) is 0 Å². The second-order valence-electron chi connectivity index (χ2n) is 3.15. The van der Waals surface area contributed by atoms with E-state index in [2.05, 4.69) is 9.98 Å². The molecule has 0 saturated carbocycles. The normalized spacial score (nSPS) is 13.1. The van der Waals surface area contributed by atoms with Gasteiger partial charge in [-0.15, -0.1) is 0 Å². The molecule has 5 nitrogen and oxygen atoms in total. The Morgan fingerprint density at radius 3 is 2.87 bits per heavy atom. The summed E-state index contributed by atoms with van der Waals surface area (Å²) in [5, 5.41) is 10.9. The van der Waals surface area contributed by atoms with Gasteiger partial charge in [0.25, 0.3) is 0 Å². The summed E-state index contributed by atoms with van der Waals surface area (Å²) < 4.78 is 0. The number of aliphatic imine (C=N–C) groups is 1. The summed E-state index contributed by atoms with van der Waals surface area (Å²) in [6.07, 6.45) is 3.30. The van der Waals surface area contributed by atoms with Gasteiger partial charge in [0, 0.05) is 13.2 Å². The Morgan fingerprint density at radius 1 is 1.67 bits per heavy atom. The quantitative estimate of drug-likeness (QED) is 0.333. The number of pyridine rings is 1. The zero-order valence-corrected chi connectivity index (χ0v) is 8.96. The van der Waals surface area contributed by atoms with Crippen LogP contribution in [0.3, 0.4) is 0 Å². The number of nitrogens with two attached hydrogens (primary N) is 1. The summed E-state index contributed by atoms with van der Waals surface area (Å²) in [6.45, 7) is 1.91. The van der Waals surface area contributed by atoms with Crippen molar-refractivity contribution in [3.63, 3.8) is 0 Å². The lowest BCUT2D eigenvalue weighted by molar-refractivity contribution is 0.173. The fraction of sp³-hybridized carbons (Fsp3) is 0.400. The molecule has 1 aromatic heterocycles. The van der Waals surface area contributed by atoms with Gasteiger partial charge in [0.05, 0.1) is 6.10 Å². The van der Waals surface area contributed by atoms with Crippen molar-refractivity contribution in [2.75, 3.05) is 12.1 Å². The zero-order chi connectivity index (χ0) is 11.3. The molecule has 1 rings (SSSR count). The van der Waals surface area contributed by atoms with E-state index in [1.807, 2.05) is 6.92 Å². The van der Waals surface area contributed by atoms with Crippen molar-refractivity contribution in [2.24, 2.45) is 10.8 Å². The minimum absolute atomic E-state index is 0.461. The highest BCUT2D eigenvalue weighted by Crippen LogP contribution is 2.16. The molecule has 0 aromatic carbocycles. The van der Waals surface area contributed by atoms with E-state index in [0.29, 0.717) is 12.2 Å². The molecule has 5 heteroatoms. The summed E-state index contributed by atoms with van der Waals surface area (Å²) in [5.41, 5.74) is 0.795. The molecule has 0 bridgehead atoms. The van der Waals surface area contributed by atoms with Crippen LogP contribution in [0.4, 0.5) is 5.82 Å². The molecule has 0 aliphatic rings. The van der Waals surface area contributed by atoms with Crippen molar-refractivity contribution < 1.29 is 5.11 Å². The van der Waals surface area contributed by atoms with Crippen molar-refractivity contribution >= 4 is 12.2 Å². The minimum Gasteiger partial charge on any atom is -0.388 e. The van der Waals surface area contributed by atoms with Crippen LogP contribution >= 0.6 is 0 Å². The predicted octanol–water partition coefficient (Wildman–Crippen LogP) is 0.863. The Hall–Kier alpha value is -1.46. The standard InChI is InChI=1S/C10H16N4O/c1-3-9(15)8-4-5-10(13-6-8)14(11)7-12-2/h4-7,9,15H,3,11H2,1-2H3. The van der Waals surface area contributed by atoms with Crippen molar-refractivity contribution in [2.45, 2.75) is 19.4 Å². The summed E-state index contributed by atoms with van der Waals surface area (Å²) >= 11 is 0. The largest absolute Gasteiger partial charge is 0.388 e. The van der Waals surface area contributed by atoms with Gasteiger partial charge < -0.3 is 5.11 Å². The van der Waals surface area contributed by atoms with Crippen LogP contribution in [0.5, 0.6) is 0 Å². The molecule has 0 amide bonds. The zero-order valence-electron chi connectivity index (χ0n) is 8.96. The van der Waals surface area contributed by atoms with Gasteiger partial charge in [-0.25, -0.2) is 10.8 Å². The van der Waals surface area contributed by atoms with E-state index in [0.717, 1.165) is 5.56 Å². The van der Waals surface area contributed by atoms with Gasteiger partial charge in [-0.2, -0.15) is 0 Å². The third kappa shape index (κ3) is 3.00. The first kappa shape index (κ1) is 11.6. The number of aromatic nitrogens is 1. The van der Waals surface area contributed by atoms with Crippen molar-refractivity contribution in [3.05, 3.63) is 23.9 Å². The Morgan fingerprint density at radius 2 is 2.40 bits per heavy atom. The van der Waals surface area contributed by atoms with Crippen LogP contribution in [0, 0.1) is 0 Å². The van der Waals surface area contributed by atoms with Gasteiger partial charge in [-0.1, -0.05) is 13.0 Å². The highest BCUT2D eigenvalue weighted by Gasteiger charge is 2.06. The van der Waals surface area contributed by atoms with Gasteiger partial charge >= 0.3 is 0 Å². The first-order valence-electron chi connectivity index (χ1n) is 4.79. The number of nitrogens with zero attached hydrogens (tertiary/aromatic N) is 3. The van der Waals surface area contributed by atoms with Crippen LogP contribution in [0.1, 0.15) is 25.0 Å². The SMILES string of the molecule is CCC(O)c1ccc(N(N)C=NC)nc1. The van der Waals surface area contributed by atoms with Gasteiger partial charge in [0.15, 0.2) is 0 Å². The van der Waals surface area contributed by atoms with E-state index in [1.165, 1.54) is 11.3 Å². The first-order valence-corrected chi connectivity index (χ1v) is 4.79. The lowest BCUT2D eigenvalue weighted by atomic mass is 10.1. The van der Waals surface area contributed by atoms with Gasteiger partial charge in [-0.05, 0) is 18.1 Å².